The first-order chi connectivity index (χ1) is 7.22. The van der Waals surface area contributed by atoms with Gasteiger partial charge in [0.15, 0.2) is 0 Å². The van der Waals surface area contributed by atoms with Crippen LogP contribution in [0.4, 0.5) is 0 Å². The molecule has 0 aromatic heterocycles. The van der Waals surface area contributed by atoms with Crippen LogP contribution in [0.1, 0.15) is 34.1 Å². The van der Waals surface area contributed by atoms with Crippen molar-refractivity contribution in [2.24, 2.45) is 0 Å². The SMILES string of the molecule is CCC(C)(OP(=O)(O)O)C(C)(C)OP(=O)(O)O. The monoisotopic (exact) mass is 292 g/mol. The second-order valence-electron chi connectivity index (χ2n) is 4.26. The maximum absolute atomic E-state index is 10.8. The second-order valence-corrected chi connectivity index (χ2v) is 6.59. The highest BCUT2D eigenvalue weighted by Crippen LogP contribution is 2.52. The molecule has 0 radical (unpaired) electrons. The van der Waals surface area contributed by atoms with E-state index in [4.69, 9.17) is 19.6 Å². The molecule has 104 valence electrons. The summed E-state index contributed by atoms with van der Waals surface area (Å²) in [5, 5.41) is 0. The lowest BCUT2D eigenvalue weighted by Crippen LogP contribution is -2.50. The summed E-state index contributed by atoms with van der Waals surface area (Å²) in [6.07, 6.45) is 0.0884. The molecule has 17 heavy (non-hydrogen) atoms. The van der Waals surface area contributed by atoms with Gasteiger partial charge in [-0.3, -0.25) is 9.05 Å². The Balaban J connectivity index is 5.21. The molecule has 0 fully saturated rings. The van der Waals surface area contributed by atoms with Crippen molar-refractivity contribution in [3.63, 3.8) is 0 Å². The van der Waals surface area contributed by atoms with Crippen molar-refractivity contribution < 1.29 is 37.8 Å². The lowest BCUT2D eigenvalue weighted by Gasteiger charge is -2.42. The first-order valence-electron chi connectivity index (χ1n) is 4.75. The quantitative estimate of drug-likeness (QED) is 0.536. The molecule has 0 saturated carbocycles. The predicted molar refractivity (Wildman–Crippen MR) is 59.0 cm³/mol. The fraction of sp³-hybridized carbons (Fsp3) is 1.00. The van der Waals surface area contributed by atoms with E-state index in [0.29, 0.717) is 0 Å². The highest BCUT2D eigenvalue weighted by molar-refractivity contribution is 7.46. The van der Waals surface area contributed by atoms with Gasteiger partial charge in [0.2, 0.25) is 0 Å². The number of phosphoric acid groups is 2. The van der Waals surface area contributed by atoms with Crippen LogP contribution in [0.25, 0.3) is 0 Å². The van der Waals surface area contributed by atoms with E-state index in [0.717, 1.165) is 0 Å². The summed E-state index contributed by atoms with van der Waals surface area (Å²) in [6, 6.07) is 0. The average molecular weight is 292 g/mol. The molecule has 0 aromatic carbocycles. The normalized spacial score (nSPS) is 17.9. The van der Waals surface area contributed by atoms with Crippen molar-refractivity contribution in [1.29, 1.82) is 0 Å². The Morgan fingerprint density at radius 1 is 0.941 bits per heavy atom. The topological polar surface area (TPSA) is 134 Å². The zero-order valence-electron chi connectivity index (χ0n) is 10.0. The van der Waals surface area contributed by atoms with E-state index < -0.39 is 26.8 Å². The van der Waals surface area contributed by atoms with Crippen LogP contribution in [0.2, 0.25) is 0 Å². The minimum absolute atomic E-state index is 0.0884. The summed E-state index contributed by atoms with van der Waals surface area (Å²) >= 11 is 0. The maximum Gasteiger partial charge on any atom is 0.470 e. The van der Waals surface area contributed by atoms with Gasteiger partial charge in [0.25, 0.3) is 0 Å². The van der Waals surface area contributed by atoms with Gasteiger partial charge in [0.05, 0.1) is 0 Å². The van der Waals surface area contributed by atoms with Gasteiger partial charge in [-0.25, -0.2) is 9.13 Å². The molecule has 0 aliphatic rings. The van der Waals surface area contributed by atoms with E-state index in [9.17, 15) is 9.13 Å². The molecule has 1 atom stereocenters. The van der Waals surface area contributed by atoms with E-state index in [-0.39, 0.29) is 6.42 Å². The third-order valence-electron chi connectivity index (χ3n) is 2.62. The van der Waals surface area contributed by atoms with Crippen LogP contribution in [0.15, 0.2) is 0 Å². The predicted octanol–water partition coefficient (Wildman–Crippen LogP) is 1.15. The first kappa shape index (κ1) is 17.2. The first-order valence-corrected chi connectivity index (χ1v) is 7.81. The standard InChI is InChI=1S/C7H18O8P2/c1-5-7(4,15-17(11,12)13)6(2,3)14-16(8,9)10/h5H2,1-4H3,(H2,8,9,10)(H2,11,12,13). The fourth-order valence-electron chi connectivity index (χ4n) is 1.26. The van der Waals surface area contributed by atoms with Crippen LogP contribution in [-0.4, -0.2) is 30.8 Å². The Hall–Kier alpha value is 0.220. The average Bonchev–Trinajstić information content (AvgIpc) is 1.95. The highest BCUT2D eigenvalue weighted by Gasteiger charge is 2.49. The van der Waals surface area contributed by atoms with E-state index in [1.54, 1.807) is 6.92 Å². The Kier molecular flexibility index (Phi) is 5.14. The van der Waals surface area contributed by atoms with Gasteiger partial charge in [0.1, 0.15) is 11.2 Å². The molecule has 0 spiro atoms. The molecule has 0 saturated heterocycles. The molecule has 0 amide bonds. The molecular weight excluding hydrogens is 274 g/mol. The molecular formula is C7H18O8P2. The van der Waals surface area contributed by atoms with E-state index >= 15 is 0 Å². The summed E-state index contributed by atoms with van der Waals surface area (Å²) in [7, 11) is -9.59. The van der Waals surface area contributed by atoms with Gasteiger partial charge >= 0.3 is 15.6 Å². The number of phosphoric ester groups is 2. The van der Waals surface area contributed by atoms with Crippen LogP contribution >= 0.6 is 15.6 Å². The van der Waals surface area contributed by atoms with Crippen molar-refractivity contribution in [1.82, 2.24) is 0 Å². The van der Waals surface area contributed by atoms with Crippen LogP contribution in [0, 0.1) is 0 Å². The molecule has 0 aromatic rings. The molecule has 0 bridgehead atoms. The maximum atomic E-state index is 10.8. The van der Waals surface area contributed by atoms with Gasteiger partial charge in [-0.2, -0.15) is 0 Å². The van der Waals surface area contributed by atoms with Crippen molar-refractivity contribution in [2.75, 3.05) is 0 Å². The van der Waals surface area contributed by atoms with Crippen LogP contribution < -0.4 is 0 Å². The van der Waals surface area contributed by atoms with Crippen molar-refractivity contribution in [2.45, 2.75) is 45.3 Å². The van der Waals surface area contributed by atoms with Crippen LogP contribution in [0.3, 0.4) is 0 Å². The van der Waals surface area contributed by atoms with E-state index in [1.807, 2.05) is 0 Å². The largest absolute Gasteiger partial charge is 0.470 e. The zero-order valence-corrected chi connectivity index (χ0v) is 11.8. The molecule has 0 aliphatic heterocycles. The van der Waals surface area contributed by atoms with Gasteiger partial charge in [-0.05, 0) is 27.2 Å². The lowest BCUT2D eigenvalue weighted by molar-refractivity contribution is -0.109. The molecule has 10 heteroatoms. The van der Waals surface area contributed by atoms with Gasteiger partial charge in [-0.15, -0.1) is 0 Å². The molecule has 0 aliphatic carbocycles. The second kappa shape index (κ2) is 5.07. The van der Waals surface area contributed by atoms with Gasteiger partial charge < -0.3 is 19.6 Å². The third-order valence-corrected chi connectivity index (χ3v) is 3.95. The minimum atomic E-state index is -4.80. The Morgan fingerprint density at radius 3 is 1.53 bits per heavy atom. The minimum Gasteiger partial charge on any atom is -0.303 e. The lowest BCUT2D eigenvalue weighted by atomic mass is 9.86. The zero-order chi connectivity index (χ0) is 14.1. The number of hydrogen-bond donors (Lipinski definition) is 4. The Labute approximate surface area is 99.4 Å². The van der Waals surface area contributed by atoms with Crippen molar-refractivity contribution in [3.8, 4) is 0 Å². The van der Waals surface area contributed by atoms with Crippen LogP contribution in [0.5, 0.6) is 0 Å². The summed E-state index contributed by atoms with van der Waals surface area (Å²) in [5.74, 6) is 0. The smallest absolute Gasteiger partial charge is 0.303 e. The molecule has 1 unspecified atom stereocenters. The molecule has 0 rings (SSSR count). The Bertz CT molecular complexity index is 355. The fourth-order valence-corrected chi connectivity index (χ4v) is 2.92. The van der Waals surface area contributed by atoms with E-state index in [2.05, 4.69) is 9.05 Å². The van der Waals surface area contributed by atoms with Crippen molar-refractivity contribution in [3.05, 3.63) is 0 Å². The summed E-state index contributed by atoms with van der Waals surface area (Å²) < 4.78 is 30.7. The summed E-state index contributed by atoms with van der Waals surface area (Å²) in [4.78, 5) is 35.1. The van der Waals surface area contributed by atoms with Crippen molar-refractivity contribution >= 4 is 15.6 Å². The van der Waals surface area contributed by atoms with E-state index in [1.165, 1.54) is 20.8 Å². The number of hydrogen-bond acceptors (Lipinski definition) is 4. The number of rotatable bonds is 6. The highest BCUT2D eigenvalue weighted by atomic mass is 31.2. The third kappa shape index (κ3) is 5.59. The summed E-state index contributed by atoms with van der Waals surface area (Å²) in [6.45, 7) is 5.43. The molecule has 0 heterocycles. The molecule has 8 nitrogen and oxygen atoms in total. The van der Waals surface area contributed by atoms with Crippen LogP contribution in [-0.2, 0) is 18.2 Å². The van der Waals surface area contributed by atoms with Gasteiger partial charge in [0, 0.05) is 0 Å². The summed E-state index contributed by atoms with van der Waals surface area (Å²) in [5.41, 5.74) is -3.13. The Morgan fingerprint density at radius 2 is 1.29 bits per heavy atom. The van der Waals surface area contributed by atoms with Gasteiger partial charge in [-0.1, -0.05) is 6.92 Å². The molecule has 4 N–H and O–H groups in total.